The highest BCUT2D eigenvalue weighted by atomic mass is 35.5. The van der Waals surface area contributed by atoms with E-state index in [0.29, 0.717) is 0 Å². The van der Waals surface area contributed by atoms with E-state index >= 15 is 0 Å². The minimum atomic E-state index is -0.897. The van der Waals surface area contributed by atoms with E-state index in [2.05, 4.69) is 5.32 Å². The Hall–Kier alpha value is -1.33. The molecular formula is C14H16Cl2FNO3. The molecule has 0 radical (unpaired) electrons. The number of esters is 1. The number of amides is 1. The van der Waals surface area contributed by atoms with Gasteiger partial charge in [-0.1, -0.05) is 23.2 Å². The van der Waals surface area contributed by atoms with E-state index in [1.54, 1.807) is 20.8 Å². The molecule has 0 aromatic heterocycles. The molecule has 1 N–H and O–H groups in total. The van der Waals surface area contributed by atoms with Gasteiger partial charge in [-0.3, -0.25) is 4.79 Å². The zero-order valence-electron chi connectivity index (χ0n) is 12.1. The van der Waals surface area contributed by atoms with Crippen LogP contribution in [0.4, 0.5) is 4.39 Å². The third-order valence-electron chi connectivity index (χ3n) is 2.36. The van der Waals surface area contributed by atoms with Gasteiger partial charge in [0.1, 0.15) is 17.5 Å². The maximum atomic E-state index is 13.4. The second-order valence-corrected chi connectivity index (χ2v) is 6.29. The largest absolute Gasteiger partial charge is 0.458 e. The summed E-state index contributed by atoms with van der Waals surface area (Å²) in [5.41, 5.74) is -0.769. The lowest BCUT2D eigenvalue weighted by Crippen LogP contribution is -2.42. The average Bonchev–Trinajstić information content (AvgIpc) is 2.31. The second-order valence-electron chi connectivity index (χ2n) is 5.47. The van der Waals surface area contributed by atoms with Crippen LogP contribution in [-0.4, -0.2) is 23.5 Å². The van der Waals surface area contributed by atoms with E-state index < -0.39 is 29.3 Å². The fourth-order valence-electron chi connectivity index (χ4n) is 1.42. The van der Waals surface area contributed by atoms with Crippen LogP contribution < -0.4 is 5.32 Å². The minimum Gasteiger partial charge on any atom is -0.458 e. The summed E-state index contributed by atoms with van der Waals surface area (Å²) in [6.07, 6.45) is 0. The van der Waals surface area contributed by atoms with Crippen LogP contribution in [-0.2, 0) is 9.53 Å². The van der Waals surface area contributed by atoms with Crippen molar-refractivity contribution >= 4 is 35.1 Å². The molecule has 1 aromatic rings. The molecule has 116 valence electrons. The molecule has 0 saturated carbocycles. The van der Waals surface area contributed by atoms with Gasteiger partial charge in [0.05, 0.1) is 15.6 Å². The Labute approximate surface area is 132 Å². The highest BCUT2D eigenvalue weighted by Gasteiger charge is 2.24. The molecule has 0 unspecified atom stereocenters. The number of nitrogens with one attached hydrogen (secondary N) is 1. The summed E-state index contributed by atoms with van der Waals surface area (Å²) >= 11 is 11.4. The summed E-state index contributed by atoms with van der Waals surface area (Å²) in [6, 6.07) is 1.15. The lowest BCUT2D eigenvalue weighted by Gasteiger charge is -2.22. The standard InChI is InChI=1S/C14H16Cl2FNO3/c1-7(13(20)21-14(2,3)4)18-12(19)8-5-11(17)10(16)6-9(8)15/h5-7H,1-4H3,(H,18,19)/t7-/m1/s1. The number of hydrogen-bond donors (Lipinski definition) is 1. The third-order valence-corrected chi connectivity index (χ3v) is 2.96. The van der Waals surface area contributed by atoms with E-state index in [0.717, 1.165) is 12.1 Å². The fraction of sp³-hybridized carbons (Fsp3) is 0.429. The molecule has 0 bridgehead atoms. The van der Waals surface area contributed by atoms with Gasteiger partial charge in [0.2, 0.25) is 0 Å². The first kappa shape index (κ1) is 17.7. The van der Waals surface area contributed by atoms with E-state index in [-0.39, 0.29) is 15.6 Å². The van der Waals surface area contributed by atoms with Crippen molar-refractivity contribution in [3.8, 4) is 0 Å². The van der Waals surface area contributed by atoms with Gasteiger partial charge in [0.15, 0.2) is 0 Å². The van der Waals surface area contributed by atoms with Crippen LogP contribution in [0.2, 0.25) is 10.0 Å². The van der Waals surface area contributed by atoms with E-state index in [9.17, 15) is 14.0 Å². The molecule has 0 aliphatic heterocycles. The molecule has 0 heterocycles. The molecule has 1 amide bonds. The number of carbonyl (C=O) groups is 2. The van der Waals surface area contributed by atoms with Crippen molar-refractivity contribution < 1.29 is 18.7 Å². The first-order chi connectivity index (χ1) is 9.51. The molecule has 4 nitrogen and oxygen atoms in total. The molecule has 1 atom stereocenters. The van der Waals surface area contributed by atoms with Gasteiger partial charge in [-0.05, 0) is 39.8 Å². The van der Waals surface area contributed by atoms with E-state index in [4.69, 9.17) is 27.9 Å². The van der Waals surface area contributed by atoms with Gasteiger partial charge in [-0.15, -0.1) is 0 Å². The van der Waals surface area contributed by atoms with Crippen LogP contribution in [0.1, 0.15) is 38.1 Å². The van der Waals surface area contributed by atoms with Gasteiger partial charge in [-0.2, -0.15) is 0 Å². The summed E-state index contributed by atoms with van der Waals surface area (Å²) in [5, 5.41) is 2.21. The second kappa shape index (κ2) is 6.62. The zero-order chi connectivity index (χ0) is 16.4. The van der Waals surface area contributed by atoms with Crippen LogP contribution in [0.25, 0.3) is 0 Å². The smallest absolute Gasteiger partial charge is 0.328 e. The summed E-state index contributed by atoms with van der Waals surface area (Å²) in [4.78, 5) is 23.8. The molecular weight excluding hydrogens is 320 g/mol. The zero-order valence-corrected chi connectivity index (χ0v) is 13.6. The predicted molar refractivity (Wildman–Crippen MR) is 79.2 cm³/mol. The van der Waals surface area contributed by atoms with E-state index in [1.807, 2.05) is 0 Å². The SMILES string of the molecule is C[C@@H](NC(=O)c1cc(F)c(Cl)cc1Cl)C(=O)OC(C)(C)C. The predicted octanol–water partition coefficient (Wildman–Crippen LogP) is 3.59. The van der Waals surface area contributed by atoms with Crippen LogP contribution >= 0.6 is 23.2 Å². The molecule has 0 saturated heterocycles. The molecule has 0 aliphatic carbocycles. The van der Waals surface area contributed by atoms with Crippen molar-refractivity contribution in [2.24, 2.45) is 0 Å². The third kappa shape index (κ3) is 5.17. The minimum absolute atomic E-state index is 0.00436. The van der Waals surface area contributed by atoms with Crippen LogP contribution in [0, 0.1) is 5.82 Å². The van der Waals surface area contributed by atoms with Crippen molar-refractivity contribution in [1.82, 2.24) is 5.32 Å². The van der Waals surface area contributed by atoms with Gasteiger partial charge in [-0.25, -0.2) is 9.18 Å². The van der Waals surface area contributed by atoms with Gasteiger partial charge in [0, 0.05) is 0 Å². The van der Waals surface area contributed by atoms with Crippen LogP contribution in [0.15, 0.2) is 12.1 Å². The molecule has 0 fully saturated rings. The summed E-state index contributed by atoms with van der Waals surface area (Å²) < 4.78 is 18.5. The monoisotopic (exact) mass is 335 g/mol. The lowest BCUT2D eigenvalue weighted by atomic mass is 10.1. The molecule has 0 aliphatic rings. The highest BCUT2D eigenvalue weighted by molar-refractivity contribution is 6.36. The highest BCUT2D eigenvalue weighted by Crippen LogP contribution is 2.24. The van der Waals surface area contributed by atoms with Crippen molar-refractivity contribution in [3.05, 3.63) is 33.6 Å². The Kier molecular flexibility index (Phi) is 5.59. The van der Waals surface area contributed by atoms with E-state index in [1.165, 1.54) is 6.92 Å². The Morgan fingerprint density at radius 3 is 2.33 bits per heavy atom. The van der Waals surface area contributed by atoms with Crippen molar-refractivity contribution in [2.75, 3.05) is 0 Å². The Morgan fingerprint density at radius 2 is 1.81 bits per heavy atom. The number of carbonyl (C=O) groups excluding carboxylic acids is 2. The van der Waals surface area contributed by atoms with Crippen molar-refractivity contribution in [1.29, 1.82) is 0 Å². The first-order valence-corrected chi connectivity index (χ1v) is 6.95. The number of rotatable bonds is 3. The van der Waals surface area contributed by atoms with Crippen molar-refractivity contribution in [2.45, 2.75) is 39.3 Å². The maximum Gasteiger partial charge on any atom is 0.328 e. The normalized spacial score (nSPS) is 12.7. The number of hydrogen-bond acceptors (Lipinski definition) is 3. The Bertz CT molecular complexity index is 570. The number of ether oxygens (including phenoxy) is 1. The average molecular weight is 336 g/mol. The van der Waals surface area contributed by atoms with Gasteiger partial charge < -0.3 is 10.1 Å². The molecule has 1 aromatic carbocycles. The Balaban J connectivity index is 2.82. The number of halogens is 3. The fourth-order valence-corrected chi connectivity index (χ4v) is 1.89. The van der Waals surface area contributed by atoms with Crippen LogP contribution in [0.5, 0.6) is 0 Å². The maximum absolute atomic E-state index is 13.4. The molecule has 7 heteroatoms. The summed E-state index contributed by atoms with van der Waals surface area (Å²) in [6.45, 7) is 6.60. The number of benzene rings is 1. The topological polar surface area (TPSA) is 55.4 Å². The quantitative estimate of drug-likeness (QED) is 0.678. The molecule has 0 spiro atoms. The van der Waals surface area contributed by atoms with Gasteiger partial charge >= 0.3 is 5.97 Å². The van der Waals surface area contributed by atoms with Crippen LogP contribution in [0.3, 0.4) is 0 Å². The van der Waals surface area contributed by atoms with Gasteiger partial charge in [0.25, 0.3) is 5.91 Å². The van der Waals surface area contributed by atoms with Crippen molar-refractivity contribution in [3.63, 3.8) is 0 Å². The lowest BCUT2D eigenvalue weighted by molar-refractivity contribution is -0.156. The summed E-state index contributed by atoms with van der Waals surface area (Å²) in [7, 11) is 0. The molecule has 1 rings (SSSR count). The molecule has 21 heavy (non-hydrogen) atoms. The first-order valence-electron chi connectivity index (χ1n) is 6.19. The Morgan fingerprint density at radius 1 is 1.24 bits per heavy atom. The summed E-state index contributed by atoms with van der Waals surface area (Å²) in [5.74, 6) is -2.05.